The van der Waals surface area contributed by atoms with Gasteiger partial charge in [0, 0.05) is 4.47 Å². The van der Waals surface area contributed by atoms with Crippen LogP contribution < -0.4 is 4.74 Å². The Labute approximate surface area is 118 Å². The van der Waals surface area contributed by atoms with Crippen LogP contribution in [0.2, 0.25) is 0 Å². The lowest BCUT2D eigenvalue weighted by atomic mass is 10.3. The summed E-state index contributed by atoms with van der Waals surface area (Å²) in [7, 11) is 0. The molecule has 1 aromatic heterocycles. The van der Waals surface area contributed by atoms with Crippen molar-refractivity contribution in [2.75, 3.05) is 0 Å². The van der Waals surface area contributed by atoms with Crippen LogP contribution in [0, 0.1) is 0 Å². The van der Waals surface area contributed by atoms with Gasteiger partial charge >= 0.3 is 6.36 Å². The van der Waals surface area contributed by atoms with Crippen molar-refractivity contribution in [3.05, 3.63) is 28.5 Å². The molecule has 5 nitrogen and oxygen atoms in total. The fourth-order valence-corrected chi connectivity index (χ4v) is 1.85. The summed E-state index contributed by atoms with van der Waals surface area (Å²) in [6.07, 6.45) is -4.81. The maximum atomic E-state index is 12.4. The minimum atomic E-state index is -4.81. The first-order valence-electron chi connectivity index (χ1n) is 4.79. The second-order valence-electron chi connectivity index (χ2n) is 3.30. The van der Waals surface area contributed by atoms with Gasteiger partial charge in [0.15, 0.2) is 11.6 Å². The maximum Gasteiger partial charge on any atom is 0.573 e. The molecule has 2 aromatic rings. The van der Waals surface area contributed by atoms with E-state index in [4.69, 9.17) is 11.6 Å². The Bertz CT molecular complexity index is 589. The molecule has 1 aromatic carbocycles. The number of halogens is 5. The van der Waals surface area contributed by atoms with Gasteiger partial charge in [-0.1, -0.05) is 15.9 Å². The average Bonchev–Trinajstić information content (AvgIpc) is 2.75. The molecule has 0 fully saturated rings. The average molecular weight is 358 g/mol. The van der Waals surface area contributed by atoms with Crippen molar-refractivity contribution in [3.8, 4) is 11.4 Å². The number of nitrogens with zero attached hydrogens (tertiary/aromatic N) is 4. The molecule has 0 amide bonds. The summed E-state index contributed by atoms with van der Waals surface area (Å²) in [6.45, 7) is 0. The van der Waals surface area contributed by atoms with Gasteiger partial charge in [-0.3, -0.25) is 0 Å². The molecule has 0 aliphatic rings. The number of alkyl halides is 4. The highest BCUT2D eigenvalue weighted by molar-refractivity contribution is 9.10. The summed E-state index contributed by atoms with van der Waals surface area (Å²) in [5.74, 6) is -0.273. The Morgan fingerprint density at radius 1 is 1.37 bits per heavy atom. The lowest BCUT2D eigenvalue weighted by Gasteiger charge is -2.13. The van der Waals surface area contributed by atoms with Crippen LogP contribution in [0.15, 0.2) is 22.7 Å². The lowest BCUT2D eigenvalue weighted by molar-refractivity contribution is -0.274. The van der Waals surface area contributed by atoms with Gasteiger partial charge in [-0.05, 0) is 28.6 Å². The third kappa shape index (κ3) is 3.35. The molecule has 102 valence electrons. The SMILES string of the molecule is FC(F)(F)Oc1cc(Br)ccc1-n1nnnc1CCl. The topological polar surface area (TPSA) is 52.8 Å². The van der Waals surface area contributed by atoms with Crippen molar-refractivity contribution in [3.63, 3.8) is 0 Å². The standard InChI is InChI=1S/C9H5BrClF3N4O/c10-5-1-2-6(7(3-5)19-9(12,13)14)18-8(4-11)15-16-17-18/h1-3H,4H2. The number of benzene rings is 1. The highest BCUT2D eigenvalue weighted by Gasteiger charge is 2.33. The van der Waals surface area contributed by atoms with E-state index in [0.29, 0.717) is 4.47 Å². The normalized spacial score (nSPS) is 11.6. The minimum Gasteiger partial charge on any atom is -0.403 e. The molecule has 0 saturated carbocycles. The number of hydrogen-bond donors (Lipinski definition) is 0. The van der Waals surface area contributed by atoms with E-state index in [9.17, 15) is 13.2 Å². The first kappa shape index (κ1) is 14.1. The van der Waals surface area contributed by atoms with Gasteiger partial charge in [-0.25, -0.2) is 0 Å². The lowest BCUT2D eigenvalue weighted by Crippen LogP contribution is -2.19. The van der Waals surface area contributed by atoms with Crippen LogP contribution in [-0.4, -0.2) is 26.6 Å². The van der Waals surface area contributed by atoms with Gasteiger partial charge in [0.1, 0.15) is 5.69 Å². The van der Waals surface area contributed by atoms with Crippen molar-refractivity contribution in [2.45, 2.75) is 12.2 Å². The Morgan fingerprint density at radius 2 is 2.11 bits per heavy atom. The zero-order valence-electron chi connectivity index (χ0n) is 9.03. The second kappa shape index (κ2) is 5.33. The molecule has 0 saturated heterocycles. The summed E-state index contributed by atoms with van der Waals surface area (Å²) in [4.78, 5) is 0. The van der Waals surface area contributed by atoms with Crippen LogP contribution >= 0.6 is 27.5 Å². The third-order valence-electron chi connectivity index (χ3n) is 2.03. The van der Waals surface area contributed by atoms with Gasteiger partial charge in [0.05, 0.1) is 5.88 Å². The molecule has 0 unspecified atom stereocenters. The largest absolute Gasteiger partial charge is 0.573 e. The summed E-state index contributed by atoms with van der Waals surface area (Å²) < 4.78 is 42.5. The number of tetrazole rings is 1. The van der Waals surface area contributed by atoms with Gasteiger partial charge in [0.25, 0.3) is 0 Å². The van der Waals surface area contributed by atoms with E-state index in [1.807, 2.05) is 0 Å². The zero-order valence-corrected chi connectivity index (χ0v) is 11.4. The Hall–Kier alpha value is -1.35. The molecule has 0 radical (unpaired) electrons. The summed E-state index contributed by atoms with van der Waals surface area (Å²) in [5, 5.41) is 10.5. The van der Waals surface area contributed by atoms with Crippen molar-refractivity contribution in [1.29, 1.82) is 0 Å². The summed E-state index contributed by atoms with van der Waals surface area (Å²) in [6, 6.07) is 4.10. The first-order valence-corrected chi connectivity index (χ1v) is 6.12. The van der Waals surface area contributed by atoms with Crippen molar-refractivity contribution >= 4 is 27.5 Å². The van der Waals surface area contributed by atoms with Crippen LogP contribution in [0.3, 0.4) is 0 Å². The van der Waals surface area contributed by atoms with Crippen LogP contribution in [0.25, 0.3) is 5.69 Å². The van der Waals surface area contributed by atoms with Gasteiger partial charge in [0.2, 0.25) is 0 Å². The molecule has 1 heterocycles. The number of hydrogen-bond acceptors (Lipinski definition) is 4. The van der Waals surface area contributed by atoms with E-state index in [1.165, 1.54) is 18.2 Å². The Kier molecular flexibility index (Phi) is 3.95. The van der Waals surface area contributed by atoms with Crippen molar-refractivity contribution < 1.29 is 17.9 Å². The maximum absolute atomic E-state index is 12.4. The third-order valence-corrected chi connectivity index (χ3v) is 2.76. The predicted octanol–water partition coefficient (Wildman–Crippen LogP) is 3.06. The highest BCUT2D eigenvalue weighted by Crippen LogP contribution is 2.31. The second-order valence-corrected chi connectivity index (χ2v) is 4.48. The van der Waals surface area contributed by atoms with Gasteiger partial charge < -0.3 is 4.74 Å². The van der Waals surface area contributed by atoms with E-state index >= 15 is 0 Å². The van der Waals surface area contributed by atoms with E-state index < -0.39 is 12.1 Å². The fourth-order valence-electron chi connectivity index (χ4n) is 1.35. The summed E-state index contributed by atoms with van der Waals surface area (Å²) in [5.41, 5.74) is 0.0428. The molecule has 2 rings (SSSR count). The van der Waals surface area contributed by atoms with Crippen LogP contribution in [0.5, 0.6) is 5.75 Å². The smallest absolute Gasteiger partial charge is 0.403 e. The van der Waals surface area contributed by atoms with E-state index in [2.05, 4.69) is 36.2 Å². The molecule has 0 N–H and O–H groups in total. The molecule has 0 spiro atoms. The first-order chi connectivity index (χ1) is 8.90. The molecule has 0 bridgehead atoms. The molecule has 10 heteroatoms. The monoisotopic (exact) mass is 356 g/mol. The molecule has 19 heavy (non-hydrogen) atoms. The van der Waals surface area contributed by atoms with Gasteiger partial charge in [-0.15, -0.1) is 29.9 Å². The van der Waals surface area contributed by atoms with Crippen molar-refractivity contribution in [2.24, 2.45) is 0 Å². The minimum absolute atomic E-state index is 0.0428. The van der Waals surface area contributed by atoms with Crippen LogP contribution in [0.1, 0.15) is 5.82 Å². The Morgan fingerprint density at radius 3 is 2.74 bits per heavy atom. The molecule has 0 atom stereocenters. The molecule has 0 aliphatic heterocycles. The van der Waals surface area contributed by atoms with E-state index in [1.54, 1.807) is 0 Å². The van der Waals surface area contributed by atoms with E-state index in [-0.39, 0.29) is 17.4 Å². The van der Waals surface area contributed by atoms with E-state index in [0.717, 1.165) is 4.68 Å². The quantitative estimate of drug-likeness (QED) is 0.792. The highest BCUT2D eigenvalue weighted by atomic mass is 79.9. The molecular formula is C9H5BrClF3N4O. The molecular weight excluding hydrogens is 352 g/mol. The zero-order chi connectivity index (χ0) is 14.0. The molecule has 0 aliphatic carbocycles. The summed E-state index contributed by atoms with van der Waals surface area (Å²) >= 11 is 8.67. The van der Waals surface area contributed by atoms with Crippen LogP contribution in [0.4, 0.5) is 13.2 Å². The van der Waals surface area contributed by atoms with Gasteiger partial charge in [-0.2, -0.15) is 4.68 Å². The number of rotatable bonds is 3. The predicted molar refractivity (Wildman–Crippen MR) is 63.1 cm³/mol. The van der Waals surface area contributed by atoms with Crippen molar-refractivity contribution in [1.82, 2.24) is 20.2 Å². The Balaban J connectivity index is 2.51. The number of aromatic nitrogens is 4. The number of ether oxygens (including phenoxy) is 1. The fraction of sp³-hybridized carbons (Fsp3) is 0.222. The van der Waals surface area contributed by atoms with Crippen LogP contribution in [-0.2, 0) is 5.88 Å².